The quantitative estimate of drug-likeness (QED) is 0.560. The lowest BCUT2D eigenvalue weighted by Crippen LogP contribution is -2.28. The summed E-state index contributed by atoms with van der Waals surface area (Å²) in [5.41, 5.74) is 0.914. The van der Waals surface area contributed by atoms with E-state index in [4.69, 9.17) is 0 Å². The summed E-state index contributed by atoms with van der Waals surface area (Å²) < 4.78 is 2.59. The normalized spacial score (nSPS) is 19.3. The van der Waals surface area contributed by atoms with Crippen molar-refractivity contribution in [2.75, 3.05) is 20.1 Å². The highest BCUT2D eigenvalue weighted by molar-refractivity contribution is 14.1. The molecule has 11 heavy (non-hydrogen) atoms. The maximum atomic E-state index is 11.1. The number of halogens is 1. The lowest BCUT2D eigenvalue weighted by Gasteiger charge is -2.20. The first-order chi connectivity index (χ1) is 5.24. The Balaban J connectivity index is 2.54. The third-order valence-electron chi connectivity index (χ3n) is 1.79. The Bertz CT molecular complexity index is 191. The molecule has 1 aliphatic heterocycles. The van der Waals surface area contributed by atoms with E-state index in [9.17, 15) is 4.79 Å². The molecule has 1 N–H and O–H groups in total. The maximum Gasteiger partial charge on any atom is 0.255 e. The molecule has 1 amide bonds. The summed E-state index contributed by atoms with van der Waals surface area (Å²) >= 11 is 1.87. The van der Waals surface area contributed by atoms with Gasteiger partial charge in [0.2, 0.25) is 0 Å². The van der Waals surface area contributed by atoms with E-state index < -0.39 is 0 Å². The Morgan fingerprint density at radius 3 is 3.00 bits per heavy atom. The van der Waals surface area contributed by atoms with Gasteiger partial charge < -0.3 is 4.90 Å². The highest BCUT2D eigenvalue weighted by atomic mass is 127. The van der Waals surface area contributed by atoms with E-state index in [2.05, 4.69) is 15.5 Å². The van der Waals surface area contributed by atoms with Crippen molar-refractivity contribution < 1.29 is 4.79 Å². The minimum Gasteiger partial charge on any atom is -0.302 e. The average molecular weight is 266 g/mol. The molecule has 0 unspecified atom stereocenters. The van der Waals surface area contributed by atoms with Crippen LogP contribution in [0.3, 0.4) is 0 Å². The maximum absolute atomic E-state index is 11.1. The highest BCUT2D eigenvalue weighted by Gasteiger charge is 2.12. The molecule has 0 atom stereocenters. The molecule has 0 bridgehead atoms. The third kappa shape index (κ3) is 2.44. The van der Waals surface area contributed by atoms with Gasteiger partial charge in [0, 0.05) is 18.7 Å². The topological polar surface area (TPSA) is 32.3 Å². The predicted octanol–water partition coefficient (Wildman–Crippen LogP) is 0.714. The van der Waals surface area contributed by atoms with Gasteiger partial charge in [-0.1, -0.05) is 6.08 Å². The summed E-state index contributed by atoms with van der Waals surface area (Å²) in [6.45, 7) is 1.87. The Kier molecular flexibility index (Phi) is 3.32. The average Bonchev–Trinajstić information content (AvgIpc) is 2.05. The van der Waals surface area contributed by atoms with Gasteiger partial charge in [-0.05, 0) is 13.5 Å². The fraction of sp³-hybridized carbons (Fsp3) is 0.571. The number of carbonyl (C=O) groups excluding carboxylic acids is 1. The zero-order chi connectivity index (χ0) is 8.27. The molecule has 0 spiro atoms. The number of rotatable bonds is 1. The van der Waals surface area contributed by atoms with Crippen LogP contribution in [0.1, 0.15) is 6.42 Å². The van der Waals surface area contributed by atoms with Crippen molar-refractivity contribution in [1.82, 2.24) is 8.43 Å². The van der Waals surface area contributed by atoms with Crippen LogP contribution in [0.5, 0.6) is 0 Å². The second-order valence-electron chi connectivity index (χ2n) is 2.67. The van der Waals surface area contributed by atoms with Crippen LogP contribution in [0.25, 0.3) is 0 Å². The van der Waals surface area contributed by atoms with Crippen LogP contribution in [0, 0.1) is 0 Å². The first-order valence-corrected chi connectivity index (χ1v) is 4.60. The van der Waals surface area contributed by atoms with Crippen LogP contribution < -0.4 is 3.53 Å². The lowest BCUT2D eigenvalue weighted by molar-refractivity contribution is -0.115. The van der Waals surface area contributed by atoms with Crippen molar-refractivity contribution in [1.29, 1.82) is 0 Å². The summed E-state index contributed by atoms with van der Waals surface area (Å²) in [6.07, 6.45) is 2.85. The van der Waals surface area contributed by atoms with Gasteiger partial charge in [0.1, 0.15) is 0 Å². The molecular weight excluding hydrogens is 255 g/mol. The van der Waals surface area contributed by atoms with E-state index >= 15 is 0 Å². The van der Waals surface area contributed by atoms with Crippen molar-refractivity contribution in [3.8, 4) is 0 Å². The summed E-state index contributed by atoms with van der Waals surface area (Å²) in [5, 5.41) is 0. The van der Waals surface area contributed by atoms with Crippen molar-refractivity contribution in [3.05, 3.63) is 11.6 Å². The van der Waals surface area contributed by atoms with Crippen LogP contribution in [0.4, 0.5) is 0 Å². The minimum atomic E-state index is 0.0544. The summed E-state index contributed by atoms with van der Waals surface area (Å²) in [4.78, 5) is 13.3. The Morgan fingerprint density at radius 1 is 1.82 bits per heavy atom. The van der Waals surface area contributed by atoms with Gasteiger partial charge in [0.25, 0.3) is 5.91 Å². The van der Waals surface area contributed by atoms with Crippen molar-refractivity contribution in [2.24, 2.45) is 0 Å². The molecule has 1 aliphatic rings. The van der Waals surface area contributed by atoms with Gasteiger partial charge >= 0.3 is 0 Å². The molecule has 0 saturated carbocycles. The molecule has 1 rings (SSSR count). The molecule has 0 aromatic rings. The second kappa shape index (κ2) is 4.06. The Labute approximate surface area is 80.3 Å². The van der Waals surface area contributed by atoms with Gasteiger partial charge in [0.05, 0.1) is 22.9 Å². The predicted molar refractivity (Wildman–Crippen MR) is 52.4 cm³/mol. The van der Waals surface area contributed by atoms with E-state index in [1.165, 1.54) is 0 Å². The van der Waals surface area contributed by atoms with Crippen molar-refractivity contribution in [2.45, 2.75) is 6.42 Å². The van der Waals surface area contributed by atoms with Gasteiger partial charge in [0.15, 0.2) is 0 Å². The molecule has 4 heteroatoms. The van der Waals surface area contributed by atoms with Crippen LogP contribution in [-0.2, 0) is 4.79 Å². The molecule has 0 aromatic carbocycles. The Hall–Kier alpha value is -0.100. The third-order valence-corrected chi connectivity index (χ3v) is 2.28. The number of amides is 1. The first-order valence-electron chi connectivity index (χ1n) is 3.52. The number of nitrogens with zero attached hydrogens (tertiary/aromatic N) is 1. The molecule has 0 radical (unpaired) electrons. The smallest absolute Gasteiger partial charge is 0.255 e. The van der Waals surface area contributed by atoms with E-state index in [-0.39, 0.29) is 5.91 Å². The van der Waals surface area contributed by atoms with Crippen molar-refractivity contribution in [3.63, 3.8) is 0 Å². The molecule has 0 fully saturated rings. The summed E-state index contributed by atoms with van der Waals surface area (Å²) in [5.74, 6) is 0.0544. The minimum absolute atomic E-state index is 0.0544. The monoisotopic (exact) mass is 266 g/mol. The highest BCUT2D eigenvalue weighted by Crippen LogP contribution is 2.09. The first kappa shape index (κ1) is 8.99. The van der Waals surface area contributed by atoms with Crippen LogP contribution in [0.2, 0.25) is 0 Å². The molecule has 0 aliphatic carbocycles. The molecular formula is C7H11IN2O. The van der Waals surface area contributed by atoms with Crippen LogP contribution in [0.15, 0.2) is 11.6 Å². The fourth-order valence-electron chi connectivity index (χ4n) is 1.04. The van der Waals surface area contributed by atoms with Crippen molar-refractivity contribution >= 4 is 28.8 Å². The van der Waals surface area contributed by atoms with E-state index in [1.807, 2.05) is 28.9 Å². The van der Waals surface area contributed by atoms with E-state index in [0.29, 0.717) is 0 Å². The zero-order valence-corrected chi connectivity index (χ0v) is 8.59. The SMILES string of the molecule is CN1CC=C(C(=O)NI)CC1. The molecule has 1 heterocycles. The Morgan fingerprint density at radius 2 is 2.55 bits per heavy atom. The molecule has 3 nitrogen and oxygen atoms in total. The molecule has 0 saturated heterocycles. The number of hydrogen-bond donors (Lipinski definition) is 1. The lowest BCUT2D eigenvalue weighted by atomic mass is 10.1. The molecule has 62 valence electrons. The fourth-order valence-corrected chi connectivity index (χ4v) is 1.38. The number of hydrogen-bond acceptors (Lipinski definition) is 2. The number of nitrogens with one attached hydrogen (secondary N) is 1. The zero-order valence-electron chi connectivity index (χ0n) is 6.43. The van der Waals surface area contributed by atoms with Gasteiger partial charge in [-0.15, -0.1) is 0 Å². The number of carbonyl (C=O) groups is 1. The summed E-state index contributed by atoms with van der Waals surface area (Å²) in [6, 6.07) is 0. The summed E-state index contributed by atoms with van der Waals surface area (Å²) in [7, 11) is 2.05. The second-order valence-corrected chi connectivity index (χ2v) is 3.20. The van der Waals surface area contributed by atoms with Crippen LogP contribution >= 0.6 is 22.9 Å². The molecule has 0 aromatic heterocycles. The van der Waals surface area contributed by atoms with Gasteiger partial charge in [-0.25, -0.2) is 0 Å². The van der Waals surface area contributed by atoms with E-state index in [1.54, 1.807) is 0 Å². The van der Waals surface area contributed by atoms with Gasteiger partial charge in [-0.3, -0.25) is 8.32 Å². The van der Waals surface area contributed by atoms with Gasteiger partial charge in [-0.2, -0.15) is 0 Å². The van der Waals surface area contributed by atoms with E-state index in [0.717, 1.165) is 25.1 Å². The standard InChI is InChI=1S/C7H11IN2O/c1-10-4-2-6(3-5-10)7(11)9-8/h2H,3-5H2,1H3,(H,9,11). The van der Waals surface area contributed by atoms with Crippen LogP contribution in [-0.4, -0.2) is 30.9 Å². The number of likely N-dealkylation sites (N-methyl/N-ethyl adjacent to an activating group) is 1. The largest absolute Gasteiger partial charge is 0.302 e.